The largest absolute Gasteiger partial charge is 0.871 e. The highest BCUT2D eigenvalue weighted by Crippen LogP contribution is 2.44. The van der Waals surface area contributed by atoms with Crippen LogP contribution in [0.2, 0.25) is 0 Å². The molecule has 2 heterocycles. The molecule has 0 amide bonds. The Morgan fingerprint density at radius 3 is 1.43 bits per heavy atom. The molecule has 0 radical (unpaired) electrons. The van der Waals surface area contributed by atoms with Crippen molar-refractivity contribution >= 4 is 50.6 Å². The number of allylic oxidation sites excluding steroid dienone is 6. The number of thioether (sulfide) groups is 1. The molecule has 3 nitrogen and oxygen atoms in total. The first-order chi connectivity index (χ1) is 22.5. The zero-order valence-corrected chi connectivity index (χ0v) is 26.2. The van der Waals surface area contributed by atoms with Gasteiger partial charge >= 0.3 is 0 Å². The topological polar surface area (TPSA) is 57.2 Å². The molecule has 0 bridgehead atoms. The van der Waals surface area contributed by atoms with E-state index < -0.39 is 17.3 Å². The summed E-state index contributed by atoms with van der Waals surface area (Å²) < 4.78 is 0. The van der Waals surface area contributed by atoms with E-state index in [0.29, 0.717) is 11.1 Å². The van der Waals surface area contributed by atoms with Crippen LogP contribution >= 0.6 is 23.1 Å². The lowest BCUT2D eigenvalue weighted by molar-refractivity contribution is -0.296. The van der Waals surface area contributed by atoms with E-state index in [0.717, 1.165) is 41.8 Å². The molecule has 7 rings (SSSR count). The van der Waals surface area contributed by atoms with Crippen LogP contribution in [0.5, 0.6) is 0 Å². The number of rotatable bonds is 6. The second kappa shape index (κ2) is 12.9. The maximum absolute atomic E-state index is 13.8. The minimum atomic E-state index is -0.781. The van der Waals surface area contributed by atoms with E-state index in [1.54, 1.807) is 35.3 Å². The van der Waals surface area contributed by atoms with Crippen LogP contribution in [-0.4, -0.2) is 11.6 Å². The highest BCUT2D eigenvalue weighted by atomic mass is 32.2. The first kappa shape index (κ1) is 29.4. The minimum absolute atomic E-state index is 0.115. The molecular formula is C41H26O3S2. The standard InChI is InChI=1S/C41H26O3S2/c42-39-33(21-27-23-35(29-13-5-1-6-14-29)45-36(24-27)30-15-7-2-8-16-30)40(43)41(44)34(39)22-28-25-37(31-17-9-3-10-18-31)46-38(26-28)32-19-11-4-12-20-32/h1-26H. The van der Waals surface area contributed by atoms with Gasteiger partial charge in [0.25, 0.3) is 0 Å². The molecule has 1 aliphatic carbocycles. The molecule has 1 aliphatic heterocycles. The lowest BCUT2D eigenvalue weighted by atomic mass is 10.0. The third-order valence-electron chi connectivity index (χ3n) is 7.67. The fourth-order valence-electron chi connectivity index (χ4n) is 5.38. The van der Waals surface area contributed by atoms with Gasteiger partial charge in [-0.1, -0.05) is 115 Å². The van der Waals surface area contributed by atoms with Crippen LogP contribution in [0.4, 0.5) is 0 Å². The Balaban J connectivity index is 1.33. The quantitative estimate of drug-likeness (QED) is 0.107. The van der Waals surface area contributed by atoms with Crippen molar-refractivity contribution in [3.63, 3.8) is 0 Å². The lowest BCUT2D eigenvalue weighted by Gasteiger charge is -2.17. The summed E-state index contributed by atoms with van der Waals surface area (Å²) in [6.07, 6.45) is 7.05. The highest BCUT2D eigenvalue weighted by molar-refractivity contribution is 8.16. The summed E-state index contributed by atoms with van der Waals surface area (Å²) in [4.78, 5) is 30.6. The number of carbonyl (C=O) groups is 2. The van der Waals surface area contributed by atoms with Gasteiger partial charge in [0.1, 0.15) is 0 Å². The third-order valence-corrected chi connectivity index (χ3v) is 9.96. The van der Waals surface area contributed by atoms with Crippen molar-refractivity contribution in [1.82, 2.24) is 0 Å². The van der Waals surface area contributed by atoms with E-state index in [1.165, 1.54) is 0 Å². The first-order valence-electron chi connectivity index (χ1n) is 14.8. The van der Waals surface area contributed by atoms with Gasteiger partial charge in [-0.15, -0.1) is 0 Å². The number of ketones is 2. The molecule has 220 valence electrons. The second-order valence-corrected chi connectivity index (χ2v) is 13.0. The molecule has 0 spiro atoms. The SMILES string of the molecule is O=C1C(=O)/C(=C\c2cc(-c3ccccc3)[s+]c(-c3ccccc3)c2)C([O-])=C1C=C1C=C(c2ccccc2)SC(c2ccccc2)=C1. The van der Waals surface area contributed by atoms with Crippen LogP contribution in [0.25, 0.3) is 36.8 Å². The molecule has 2 aliphatic rings. The van der Waals surface area contributed by atoms with Gasteiger partial charge in [-0.2, -0.15) is 0 Å². The normalized spacial score (nSPS) is 15.7. The van der Waals surface area contributed by atoms with Crippen LogP contribution in [0, 0.1) is 0 Å². The molecule has 5 aromatic rings. The van der Waals surface area contributed by atoms with Gasteiger partial charge in [-0.05, 0) is 70.8 Å². The van der Waals surface area contributed by atoms with Gasteiger partial charge in [0.2, 0.25) is 32.7 Å². The van der Waals surface area contributed by atoms with Crippen molar-refractivity contribution in [1.29, 1.82) is 0 Å². The van der Waals surface area contributed by atoms with Gasteiger partial charge in [-0.25, -0.2) is 0 Å². The Morgan fingerprint density at radius 1 is 0.543 bits per heavy atom. The smallest absolute Gasteiger partial charge is 0.239 e. The van der Waals surface area contributed by atoms with Crippen molar-refractivity contribution in [2.45, 2.75) is 0 Å². The average Bonchev–Trinajstić information content (AvgIpc) is 3.31. The molecule has 0 saturated heterocycles. The van der Waals surface area contributed by atoms with Crippen molar-refractivity contribution in [2.75, 3.05) is 0 Å². The zero-order chi connectivity index (χ0) is 31.5. The molecule has 46 heavy (non-hydrogen) atoms. The first-order valence-corrected chi connectivity index (χ1v) is 16.4. The van der Waals surface area contributed by atoms with E-state index in [1.807, 2.05) is 146 Å². The summed E-state index contributed by atoms with van der Waals surface area (Å²) in [6.45, 7) is 0. The zero-order valence-electron chi connectivity index (χ0n) is 24.6. The number of hydrogen-bond donors (Lipinski definition) is 0. The summed E-state index contributed by atoms with van der Waals surface area (Å²) in [5, 5.41) is 13.8. The summed E-state index contributed by atoms with van der Waals surface area (Å²) in [5.41, 5.74) is 5.24. The number of benzene rings is 4. The Hall–Kier alpha value is -5.36. The Morgan fingerprint density at radius 2 is 0.978 bits per heavy atom. The summed E-state index contributed by atoms with van der Waals surface area (Å²) in [6, 6.07) is 43.8. The Kier molecular flexibility index (Phi) is 8.26. The van der Waals surface area contributed by atoms with E-state index in [4.69, 9.17) is 0 Å². The van der Waals surface area contributed by atoms with Crippen LogP contribution in [0.15, 0.2) is 174 Å². The maximum atomic E-state index is 13.8. The molecule has 0 atom stereocenters. The van der Waals surface area contributed by atoms with E-state index in [9.17, 15) is 14.7 Å². The van der Waals surface area contributed by atoms with Crippen molar-refractivity contribution in [3.8, 4) is 20.9 Å². The predicted octanol–water partition coefficient (Wildman–Crippen LogP) is 9.27. The molecule has 0 fully saturated rings. The van der Waals surface area contributed by atoms with Gasteiger partial charge < -0.3 is 5.11 Å². The number of Topliss-reactive ketones (excluding diaryl/α,β-unsaturated/α-hetero) is 2. The van der Waals surface area contributed by atoms with Gasteiger partial charge in [-0.3, -0.25) is 9.59 Å². The lowest BCUT2D eigenvalue weighted by Crippen LogP contribution is -2.10. The molecule has 4 aromatic carbocycles. The van der Waals surface area contributed by atoms with E-state index in [-0.39, 0.29) is 11.1 Å². The van der Waals surface area contributed by atoms with Gasteiger partial charge in [0, 0.05) is 44.2 Å². The molecule has 5 heteroatoms. The summed E-state index contributed by atoms with van der Waals surface area (Å²) >= 11 is 3.26. The van der Waals surface area contributed by atoms with Gasteiger partial charge in [0.15, 0.2) is 0 Å². The van der Waals surface area contributed by atoms with Crippen molar-refractivity contribution in [3.05, 3.63) is 191 Å². The van der Waals surface area contributed by atoms with Crippen LogP contribution in [0.3, 0.4) is 0 Å². The van der Waals surface area contributed by atoms with E-state index >= 15 is 0 Å². The summed E-state index contributed by atoms with van der Waals surface area (Å²) in [5.74, 6) is -2.12. The third kappa shape index (κ3) is 6.11. The molecule has 0 unspecified atom stereocenters. The van der Waals surface area contributed by atoms with Gasteiger partial charge in [0.05, 0.1) is 0 Å². The van der Waals surface area contributed by atoms with Crippen LogP contribution in [0.1, 0.15) is 16.7 Å². The fourth-order valence-corrected chi connectivity index (χ4v) is 7.65. The molecule has 0 saturated carbocycles. The van der Waals surface area contributed by atoms with Crippen LogP contribution < -0.4 is 5.11 Å². The predicted molar refractivity (Wildman–Crippen MR) is 189 cm³/mol. The number of hydrogen-bond acceptors (Lipinski definition) is 4. The van der Waals surface area contributed by atoms with Crippen molar-refractivity contribution in [2.24, 2.45) is 0 Å². The second-order valence-electron chi connectivity index (χ2n) is 10.8. The molecule has 1 aromatic heterocycles. The highest BCUT2D eigenvalue weighted by Gasteiger charge is 2.31. The monoisotopic (exact) mass is 630 g/mol. The van der Waals surface area contributed by atoms with Crippen LogP contribution in [-0.2, 0) is 9.59 Å². The van der Waals surface area contributed by atoms with Crippen molar-refractivity contribution < 1.29 is 14.7 Å². The maximum Gasteiger partial charge on any atom is 0.239 e. The minimum Gasteiger partial charge on any atom is -0.871 e. The molecular weight excluding hydrogens is 605 g/mol. The Bertz CT molecular complexity index is 2010. The Labute approximate surface area is 275 Å². The number of carbonyl (C=O) groups excluding carboxylic acids is 2. The fraction of sp³-hybridized carbons (Fsp3) is 0. The average molecular weight is 631 g/mol. The molecule has 0 N–H and O–H groups in total. The van der Waals surface area contributed by atoms with E-state index in [2.05, 4.69) is 0 Å². The summed E-state index contributed by atoms with van der Waals surface area (Å²) in [7, 11) is 0.